The first-order valence-corrected chi connectivity index (χ1v) is 14.1. The second-order valence-electron chi connectivity index (χ2n) is 10.0. The zero-order chi connectivity index (χ0) is 27.9. The average Bonchev–Trinajstić information content (AvgIpc) is 3.23. The van der Waals surface area contributed by atoms with Crippen molar-refractivity contribution in [3.05, 3.63) is 107 Å². The summed E-state index contributed by atoms with van der Waals surface area (Å²) >= 11 is 0. The van der Waals surface area contributed by atoms with Crippen molar-refractivity contribution in [2.45, 2.75) is 33.2 Å². The van der Waals surface area contributed by atoms with Gasteiger partial charge in [0.25, 0.3) is 5.91 Å². The number of hydrogen-bond donors (Lipinski definition) is 1. The van der Waals surface area contributed by atoms with Crippen LogP contribution in [0.15, 0.2) is 85.1 Å². The number of fused-ring (bicyclic) bond motifs is 6. The zero-order valence-electron chi connectivity index (χ0n) is 23.5. The number of benzene rings is 3. The summed E-state index contributed by atoms with van der Waals surface area (Å²) in [5, 5.41) is 1.74. The van der Waals surface area contributed by atoms with E-state index < -0.39 is 5.54 Å². The van der Waals surface area contributed by atoms with Gasteiger partial charge in [0.05, 0.1) is 0 Å². The minimum absolute atomic E-state index is 0.110. The van der Waals surface area contributed by atoms with Gasteiger partial charge in [-0.3, -0.25) is 10.2 Å². The number of hydrazine groups is 1. The fourth-order valence-corrected chi connectivity index (χ4v) is 6.21. The zero-order valence-corrected chi connectivity index (χ0v) is 23.5. The normalized spacial score (nSPS) is 14.3. The van der Waals surface area contributed by atoms with Crippen LogP contribution in [0.2, 0.25) is 0 Å². The molecule has 204 valence electrons. The molecule has 40 heavy (non-hydrogen) atoms. The number of nitrogens with zero attached hydrogens (tertiary/aromatic N) is 4. The summed E-state index contributed by atoms with van der Waals surface area (Å²) in [7, 11) is 0. The Morgan fingerprint density at radius 1 is 0.750 bits per heavy atom. The summed E-state index contributed by atoms with van der Waals surface area (Å²) in [6, 6.07) is 26.3. The van der Waals surface area contributed by atoms with E-state index in [9.17, 15) is 4.79 Å². The van der Waals surface area contributed by atoms with Crippen LogP contribution < -0.4 is 20.0 Å². The molecule has 0 unspecified atom stereocenters. The van der Waals surface area contributed by atoms with E-state index in [2.05, 4.69) is 90.4 Å². The Hall–Kier alpha value is -4.52. The van der Waals surface area contributed by atoms with E-state index in [1.54, 1.807) is 11.2 Å². The van der Waals surface area contributed by atoms with Crippen LogP contribution >= 0.6 is 0 Å². The fourth-order valence-electron chi connectivity index (χ4n) is 6.21. The van der Waals surface area contributed by atoms with Gasteiger partial charge in [0.15, 0.2) is 0 Å². The SMILES string of the molecule is CCN(CC)c1ccc2c(c1)Oc1cc(N(CC)CC)ccc1C21c2ccccc2C(=O)N1Nc1ccccn1. The van der Waals surface area contributed by atoms with Crippen LogP contribution in [0.5, 0.6) is 11.5 Å². The number of nitrogens with one attached hydrogen (secondary N) is 1. The van der Waals surface area contributed by atoms with E-state index in [0.717, 1.165) is 65.7 Å². The summed E-state index contributed by atoms with van der Waals surface area (Å²) in [4.78, 5) is 23.3. The summed E-state index contributed by atoms with van der Waals surface area (Å²) in [5.74, 6) is 1.97. The maximum Gasteiger partial charge on any atom is 0.274 e. The topological polar surface area (TPSA) is 60.9 Å². The Morgan fingerprint density at radius 2 is 1.32 bits per heavy atom. The Bertz CT molecular complexity index is 1480. The third-order valence-electron chi connectivity index (χ3n) is 8.16. The molecule has 0 fully saturated rings. The number of ether oxygens (including phenoxy) is 1. The molecule has 0 aliphatic carbocycles. The minimum atomic E-state index is -0.961. The third kappa shape index (κ3) is 3.79. The molecule has 4 aromatic rings. The highest BCUT2D eigenvalue weighted by atomic mass is 16.5. The predicted octanol–water partition coefficient (Wildman–Crippen LogP) is 6.65. The lowest BCUT2D eigenvalue weighted by atomic mass is 9.75. The van der Waals surface area contributed by atoms with Crippen molar-refractivity contribution in [1.29, 1.82) is 0 Å². The van der Waals surface area contributed by atoms with Gasteiger partial charge in [-0.2, -0.15) is 0 Å². The molecule has 0 saturated heterocycles. The molecule has 0 atom stereocenters. The van der Waals surface area contributed by atoms with Crippen LogP contribution in [0.25, 0.3) is 0 Å². The van der Waals surface area contributed by atoms with E-state index in [0.29, 0.717) is 11.4 Å². The summed E-state index contributed by atoms with van der Waals surface area (Å²) in [5.41, 5.74) is 8.00. The third-order valence-corrected chi connectivity index (χ3v) is 8.16. The smallest absolute Gasteiger partial charge is 0.274 e. The van der Waals surface area contributed by atoms with Gasteiger partial charge in [-0.05, 0) is 58.0 Å². The maximum atomic E-state index is 14.2. The van der Waals surface area contributed by atoms with Gasteiger partial charge < -0.3 is 14.5 Å². The fraction of sp³-hybridized carbons (Fsp3) is 0.273. The van der Waals surface area contributed by atoms with E-state index in [4.69, 9.17) is 4.74 Å². The van der Waals surface area contributed by atoms with Crippen LogP contribution in [0.4, 0.5) is 17.2 Å². The Kier molecular flexibility index (Phi) is 6.58. The molecule has 7 nitrogen and oxygen atoms in total. The number of anilines is 3. The molecule has 0 bridgehead atoms. The van der Waals surface area contributed by atoms with Crippen molar-refractivity contribution in [3.8, 4) is 11.5 Å². The van der Waals surface area contributed by atoms with Gasteiger partial charge in [0, 0.05) is 78.1 Å². The molecule has 0 saturated carbocycles. The van der Waals surface area contributed by atoms with Crippen molar-refractivity contribution in [1.82, 2.24) is 9.99 Å². The van der Waals surface area contributed by atoms with Crippen molar-refractivity contribution >= 4 is 23.1 Å². The number of pyridine rings is 1. The van der Waals surface area contributed by atoms with Gasteiger partial charge in [-0.15, -0.1) is 0 Å². The molecular formula is C33H35N5O2. The molecule has 1 amide bonds. The molecule has 6 rings (SSSR count). The first-order chi connectivity index (χ1) is 19.6. The highest BCUT2D eigenvalue weighted by molar-refractivity contribution is 6.03. The average molecular weight is 534 g/mol. The molecular weight excluding hydrogens is 498 g/mol. The second kappa shape index (κ2) is 10.2. The number of carbonyl (C=O) groups excluding carboxylic acids is 1. The number of hydrogen-bond acceptors (Lipinski definition) is 6. The molecule has 0 radical (unpaired) electrons. The van der Waals surface area contributed by atoms with Gasteiger partial charge >= 0.3 is 0 Å². The van der Waals surface area contributed by atoms with Gasteiger partial charge in [0.1, 0.15) is 22.9 Å². The number of amides is 1. The molecule has 3 heterocycles. The monoisotopic (exact) mass is 533 g/mol. The van der Waals surface area contributed by atoms with E-state index in [1.165, 1.54) is 0 Å². The molecule has 1 aromatic heterocycles. The quantitative estimate of drug-likeness (QED) is 0.274. The van der Waals surface area contributed by atoms with Crippen LogP contribution in [0.1, 0.15) is 54.7 Å². The van der Waals surface area contributed by atoms with Crippen LogP contribution in [-0.2, 0) is 5.54 Å². The highest BCUT2D eigenvalue weighted by Crippen LogP contribution is 2.58. The molecule has 2 aliphatic heterocycles. The number of carbonyl (C=O) groups is 1. The summed E-state index contributed by atoms with van der Waals surface area (Å²) in [6.07, 6.45) is 1.72. The molecule has 2 aliphatic rings. The largest absolute Gasteiger partial charge is 0.456 e. The summed E-state index contributed by atoms with van der Waals surface area (Å²) < 4.78 is 6.74. The van der Waals surface area contributed by atoms with E-state index >= 15 is 0 Å². The van der Waals surface area contributed by atoms with Crippen molar-refractivity contribution in [2.24, 2.45) is 0 Å². The highest BCUT2D eigenvalue weighted by Gasteiger charge is 2.57. The molecule has 3 aromatic carbocycles. The van der Waals surface area contributed by atoms with Crippen molar-refractivity contribution < 1.29 is 9.53 Å². The Morgan fingerprint density at radius 3 is 1.88 bits per heavy atom. The Balaban J connectivity index is 1.65. The lowest BCUT2D eigenvalue weighted by Crippen LogP contribution is -2.50. The van der Waals surface area contributed by atoms with Crippen molar-refractivity contribution in [2.75, 3.05) is 41.4 Å². The standard InChI is InChI=1S/C33H35N5O2/c1-5-36(6-2)23-16-18-27-29(21-23)40-30-22-24(37(7-3)8-4)17-19-28(30)33(27)26-14-10-9-13-25(26)32(39)38(33)35-31-15-11-12-20-34-31/h9-22H,5-8H2,1-4H3,(H,34,35). The lowest BCUT2D eigenvalue weighted by molar-refractivity contribution is 0.0723. The lowest BCUT2D eigenvalue weighted by Gasteiger charge is -2.44. The number of aromatic nitrogens is 1. The summed E-state index contributed by atoms with van der Waals surface area (Å²) in [6.45, 7) is 12.2. The Labute approximate surface area is 236 Å². The van der Waals surface area contributed by atoms with E-state index in [-0.39, 0.29) is 5.91 Å². The molecule has 1 N–H and O–H groups in total. The first-order valence-electron chi connectivity index (χ1n) is 14.1. The van der Waals surface area contributed by atoms with E-state index in [1.807, 2.05) is 36.4 Å². The maximum absolute atomic E-state index is 14.2. The van der Waals surface area contributed by atoms with Crippen LogP contribution in [0, 0.1) is 0 Å². The van der Waals surface area contributed by atoms with Gasteiger partial charge in [-0.25, -0.2) is 9.99 Å². The predicted molar refractivity (Wildman–Crippen MR) is 160 cm³/mol. The second-order valence-corrected chi connectivity index (χ2v) is 10.0. The molecule has 1 spiro atoms. The first kappa shape index (κ1) is 25.7. The van der Waals surface area contributed by atoms with Crippen LogP contribution in [0.3, 0.4) is 0 Å². The minimum Gasteiger partial charge on any atom is -0.456 e. The number of rotatable bonds is 8. The van der Waals surface area contributed by atoms with Gasteiger partial charge in [-0.1, -0.05) is 36.4 Å². The molecule has 7 heteroatoms. The van der Waals surface area contributed by atoms with Gasteiger partial charge in [0.2, 0.25) is 0 Å². The van der Waals surface area contributed by atoms with Crippen LogP contribution in [-0.4, -0.2) is 42.1 Å². The van der Waals surface area contributed by atoms with Crippen molar-refractivity contribution in [3.63, 3.8) is 0 Å².